The molecule has 1 aliphatic heterocycles. The van der Waals surface area contributed by atoms with E-state index in [2.05, 4.69) is 5.32 Å². The Balaban J connectivity index is 2.86. The summed E-state index contributed by atoms with van der Waals surface area (Å²) in [6, 6.07) is 0. The molecule has 1 heterocycles. The van der Waals surface area contributed by atoms with E-state index in [-0.39, 0.29) is 0 Å². The SMILES string of the molecule is CC(C(=O)OC(C)(C)C)C1(C(=O)O)CCNCC1. The van der Waals surface area contributed by atoms with E-state index in [1.807, 2.05) is 0 Å². The number of rotatable bonds is 3. The van der Waals surface area contributed by atoms with Gasteiger partial charge in [0.25, 0.3) is 0 Å². The lowest BCUT2D eigenvalue weighted by atomic mass is 9.69. The molecule has 1 atom stereocenters. The van der Waals surface area contributed by atoms with Gasteiger partial charge in [-0.15, -0.1) is 0 Å². The fourth-order valence-electron chi connectivity index (χ4n) is 2.32. The second-order valence-corrected chi connectivity index (χ2v) is 5.97. The van der Waals surface area contributed by atoms with Crippen LogP contribution in [0.3, 0.4) is 0 Å². The highest BCUT2D eigenvalue weighted by Gasteiger charge is 2.48. The van der Waals surface area contributed by atoms with Crippen LogP contribution < -0.4 is 5.32 Å². The molecule has 104 valence electrons. The van der Waals surface area contributed by atoms with Gasteiger partial charge in [0, 0.05) is 0 Å². The molecular formula is C13H23NO4. The minimum absolute atomic E-state index is 0.424. The Morgan fingerprint density at radius 1 is 1.28 bits per heavy atom. The molecule has 1 unspecified atom stereocenters. The van der Waals surface area contributed by atoms with Crippen molar-refractivity contribution in [2.45, 2.75) is 46.1 Å². The average Bonchev–Trinajstić information content (AvgIpc) is 2.26. The number of carbonyl (C=O) groups excluding carboxylic acids is 1. The van der Waals surface area contributed by atoms with Crippen molar-refractivity contribution in [3.05, 3.63) is 0 Å². The van der Waals surface area contributed by atoms with E-state index < -0.39 is 28.9 Å². The van der Waals surface area contributed by atoms with Crippen molar-refractivity contribution in [1.29, 1.82) is 0 Å². The van der Waals surface area contributed by atoms with E-state index in [9.17, 15) is 14.7 Å². The Morgan fingerprint density at radius 2 is 1.78 bits per heavy atom. The first-order chi connectivity index (χ1) is 8.19. The summed E-state index contributed by atoms with van der Waals surface area (Å²) in [5.74, 6) is -1.95. The number of carbonyl (C=O) groups is 2. The van der Waals surface area contributed by atoms with Gasteiger partial charge in [-0.2, -0.15) is 0 Å². The van der Waals surface area contributed by atoms with E-state index in [1.165, 1.54) is 0 Å². The predicted molar refractivity (Wildman–Crippen MR) is 67.2 cm³/mol. The molecule has 1 fully saturated rings. The van der Waals surface area contributed by atoms with Crippen LogP contribution in [-0.4, -0.2) is 35.7 Å². The molecule has 1 rings (SSSR count). The molecular weight excluding hydrogens is 234 g/mol. The molecule has 0 bridgehead atoms. The summed E-state index contributed by atoms with van der Waals surface area (Å²) in [7, 11) is 0. The fourth-order valence-corrected chi connectivity index (χ4v) is 2.32. The molecule has 1 aliphatic rings. The van der Waals surface area contributed by atoms with Crippen LogP contribution in [0.25, 0.3) is 0 Å². The summed E-state index contributed by atoms with van der Waals surface area (Å²) in [4.78, 5) is 23.6. The summed E-state index contributed by atoms with van der Waals surface area (Å²) < 4.78 is 5.31. The maximum atomic E-state index is 12.1. The topological polar surface area (TPSA) is 75.6 Å². The quantitative estimate of drug-likeness (QED) is 0.748. The molecule has 0 aromatic rings. The Hall–Kier alpha value is -1.10. The smallest absolute Gasteiger partial charge is 0.310 e. The van der Waals surface area contributed by atoms with Crippen molar-refractivity contribution in [1.82, 2.24) is 5.32 Å². The number of carboxylic acids is 1. The third-order valence-electron chi connectivity index (χ3n) is 3.51. The van der Waals surface area contributed by atoms with Crippen LogP contribution in [-0.2, 0) is 14.3 Å². The number of ether oxygens (including phenoxy) is 1. The molecule has 0 saturated carbocycles. The normalized spacial score (nSPS) is 21.1. The van der Waals surface area contributed by atoms with Gasteiger partial charge in [-0.3, -0.25) is 9.59 Å². The van der Waals surface area contributed by atoms with Gasteiger partial charge in [0.15, 0.2) is 0 Å². The van der Waals surface area contributed by atoms with E-state index in [1.54, 1.807) is 27.7 Å². The molecule has 2 N–H and O–H groups in total. The van der Waals surface area contributed by atoms with Gasteiger partial charge in [-0.1, -0.05) is 6.92 Å². The van der Waals surface area contributed by atoms with Crippen LogP contribution in [0.2, 0.25) is 0 Å². The largest absolute Gasteiger partial charge is 0.481 e. The van der Waals surface area contributed by atoms with Gasteiger partial charge in [0.05, 0.1) is 11.3 Å². The van der Waals surface area contributed by atoms with E-state index in [4.69, 9.17) is 4.74 Å². The second kappa shape index (κ2) is 5.26. The predicted octanol–water partition coefficient (Wildman–Crippen LogP) is 1.42. The maximum Gasteiger partial charge on any atom is 0.310 e. The number of piperidine rings is 1. The molecule has 1 saturated heterocycles. The number of hydrogen-bond donors (Lipinski definition) is 2. The van der Waals surface area contributed by atoms with Crippen LogP contribution in [0, 0.1) is 11.3 Å². The molecule has 0 spiro atoms. The van der Waals surface area contributed by atoms with Crippen LogP contribution in [0.5, 0.6) is 0 Å². The van der Waals surface area contributed by atoms with Gasteiger partial charge in [-0.05, 0) is 46.7 Å². The molecule has 5 nitrogen and oxygen atoms in total. The summed E-state index contributed by atoms with van der Waals surface area (Å²) in [5.41, 5.74) is -1.58. The first-order valence-electron chi connectivity index (χ1n) is 6.36. The lowest BCUT2D eigenvalue weighted by Gasteiger charge is -2.38. The number of aliphatic carboxylic acids is 1. The molecule has 0 aliphatic carbocycles. The van der Waals surface area contributed by atoms with Crippen molar-refractivity contribution in [2.24, 2.45) is 11.3 Å². The molecule has 0 amide bonds. The molecule has 18 heavy (non-hydrogen) atoms. The zero-order chi connectivity index (χ0) is 14.0. The Bertz CT molecular complexity index is 326. The number of esters is 1. The van der Waals surface area contributed by atoms with Crippen LogP contribution in [0.1, 0.15) is 40.5 Å². The molecule has 0 radical (unpaired) electrons. The Morgan fingerprint density at radius 3 is 2.17 bits per heavy atom. The van der Waals surface area contributed by atoms with Gasteiger partial charge in [-0.25, -0.2) is 0 Å². The van der Waals surface area contributed by atoms with Gasteiger partial charge >= 0.3 is 11.9 Å². The van der Waals surface area contributed by atoms with E-state index in [0.29, 0.717) is 25.9 Å². The third kappa shape index (κ3) is 3.22. The van der Waals surface area contributed by atoms with Crippen molar-refractivity contribution in [3.63, 3.8) is 0 Å². The minimum atomic E-state index is -0.992. The Kier molecular flexibility index (Phi) is 4.37. The number of hydrogen-bond acceptors (Lipinski definition) is 4. The number of nitrogens with one attached hydrogen (secondary N) is 1. The highest BCUT2D eigenvalue weighted by atomic mass is 16.6. The minimum Gasteiger partial charge on any atom is -0.481 e. The highest BCUT2D eigenvalue weighted by Crippen LogP contribution is 2.38. The van der Waals surface area contributed by atoms with E-state index in [0.717, 1.165) is 0 Å². The number of carboxylic acid groups (broad SMARTS) is 1. The second-order valence-electron chi connectivity index (χ2n) is 5.97. The molecule has 0 aromatic carbocycles. The van der Waals surface area contributed by atoms with Gasteiger partial charge in [0.2, 0.25) is 0 Å². The Labute approximate surface area is 108 Å². The maximum absolute atomic E-state index is 12.1. The highest BCUT2D eigenvalue weighted by molar-refractivity contribution is 5.84. The van der Waals surface area contributed by atoms with Crippen LogP contribution in [0.4, 0.5) is 0 Å². The summed E-state index contributed by atoms with van der Waals surface area (Å²) in [6.45, 7) is 8.26. The lowest BCUT2D eigenvalue weighted by Crippen LogP contribution is -2.49. The van der Waals surface area contributed by atoms with Crippen molar-refractivity contribution < 1.29 is 19.4 Å². The summed E-state index contributed by atoms with van der Waals surface area (Å²) in [5, 5.41) is 12.6. The monoisotopic (exact) mass is 257 g/mol. The summed E-state index contributed by atoms with van der Waals surface area (Å²) in [6.07, 6.45) is 0.922. The van der Waals surface area contributed by atoms with E-state index >= 15 is 0 Å². The third-order valence-corrected chi connectivity index (χ3v) is 3.51. The van der Waals surface area contributed by atoms with Gasteiger partial charge in [0.1, 0.15) is 5.60 Å². The van der Waals surface area contributed by atoms with Crippen molar-refractivity contribution in [3.8, 4) is 0 Å². The zero-order valence-electron chi connectivity index (χ0n) is 11.6. The van der Waals surface area contributed by atoms with Crippen molar-refractivity contribution in [2.75, 3.05) is 13.1 Å². The van der Waals surface area contributed by atoms with Crippen LogP contribution >= 0.6 is 0 Å². The molecule has 5 heteroatoms. The molecule has 0 aromatic heterocycles. The van der Waals surface area contributed by atoms with Crippen LogP contribution in [0.15, 0.2) is 0 Å². The van der Waals surface area contributed by atoms with Gasteiger partial charge < -0.3 is 15.2 Å². The fraction of sp³-hybridized carbons (Fsp3) is 0.846. The lowest BCUT2D eigenvalue weighted by molar-refractivity contribution is -0.174. The zero-order valence-corrected chi connectivity index (χ0v) is 11.6. The first kappa shape index (κ1) is 15.0. The van der Waals surface area contributed by atoms with Crippen molar-refractivity contribution >= 4 is 11.9 Å². The standard InChI is InChI=1S/C13H23NO4/c1-9(10(15)18-12(2,3)4)13(11(16)17)5-7-14-8-6-13/h9,14H,5-8H2,1-4H3,(H,16,17). The summed E-state index contributed by atoms with van der Waals surface area (Å²) >= 11 is 0. The first-order valence-corrected chi connectivity index (χ1v) is 6.36. The average molecular weight is 257 g/mol.